The fourth-order valence-electron chi connectivity index (χ4n) is 3.34. The van der Waals surface area contributed by atoms with Crippen LogP contribution in [-0.2, 0) is 4.79 Å². The molecule has 0 aliphatic heterocycles. The van der Waals surface area contributed by atoms with Crippen molar-refractivity contribution in [1.29, 1.82) is 0 Å². The first kappa shape index (κ1) is 14.3. The van der Waals surface area contributed by atoms with Crippen LogP contribution in [0.4, 0.5) is 0 Å². The summed E-state index contributed by atoms with van der Waals surface area (Å²) in [6, 6.07) is 0. The summed E-state index contributed by atoms with van der Waals surface area (Å²) in [5, 5.41) is 9.12. The van der Waals surface area contributed by atoms with Gasteiger partial charge in [-0.2, -0.15) is 0 Å². The highest BCUT2D eigenvalue weighted by Gasteiger charge is 2.42. The monoisotopic (exact) mass is 238 g/mol. The molecule has 0 aromatic carbocycles. The minimum atomic E-state index is -0.674. The Kier molecular flexibility index (Phi) is 4.40. The van der Waals surface area contributed by atoms with Gasteiger partial charge in [-0.25, -0.2) is 0 Å². The van der Waals surface area contributed by atoms with Crippen LogP contribution in [0.1, 0.15) is 66.2 Å². The van der Waals surface area contributed by atoms with Crippen molar-refractivity contribution in [2.45, 2.75) is 66.2 Å². The van der Waals surface area contributed by atoms with Crippen LogP contribution < -0.4 is 0 Å². The summed E-state index contributed by atoms with van der Waals surface area (Å²) in [4.78, 5) is 11.1. The lowest BCUT2D eigenvalue weighted by Crippen LogP contribution is -2.36. The molecule has 1 rings (SSSR count). The van der Waals surface area contributed by atoms with E-state index >= 15 is 0 Å². The molecule has 2 heteroatoms. The van der Waals surface area contributed by atoms with E-state index < -0.39 is 5.97 Å². The predicted molar refractivity (Wildman–Crippen MR) is 71.0 cm³/mol. The highest BCUT2D eigenvalue weighted by molar-refractivity contribution is 5.68. The summed E-state index contributed by atoms with van der Waals surface area (Å²) in [5.41, 5.74) is 1.40. The molecule has 1 unspecified atom stereocenters. The normalized spacial score (nSPS) is 30.5. The first-order valence-electron chi connectivity index (χ1n) is 6.75. The van der Waals surface area contributed by atoms with Crippen LogP contribution in [0.25, 0.3) is 0 Å². The van der Waals surface area contributed by atoms with Crippen molar-refractivity contribution >= 4 is 5.97 Å². The standard InChI is InChI=1S/C15H26O2/c1-5-6-8-12-14(2,3)9-7-10-15(12,4)11-13(16)17/h8H,5-7,9-11H2,1-4H3,(H,16,17). The SMILES string of the molecule is CCCC=C1C(C)(C)CCCC1(C)CC(=O)O. The topological polar surface area (TPSA) is 37.3 Å². The molecule has 1 atom stereocenters. The molecule has 1 aliphatic carbocycles. The average molecular weight is 238 g/mol. The van der Waals surface area contributed by atoms with Crippen LogP contribution in [-0.4, -0.2) is 11.1 Å². The van der Waals surface area contributed by atoms with Crippen molar-refractivity contribution < 1.29 is 9.90 Å². The van der Waals surface area contributed by atoms with Gasteiger partial charge in [-0.15, -0.1) is 0 Å². The highest BCUT2D eigenvalue weighted by atomic mass is 16.4. The van der Waals surface area contributed by atoms with Crippen molar-refractivity contribution in [3.63, 3.8) is 0 Å². The van der Waals surface area contributed by atoms with E-state index in [2.05, 4.69) is 33.8 Å². The molecule has 1 fully saturated rings. The molecular formula is C15H26O2. The van der Waals surface area contributed by atoms with Gasteiger partial charge in [0.05, 0.1) is 6.42 Å². The van der Waals surface area contributed by atoms with Gasteiger partial charge in [0.2, 0.25) is 0 Å². The van der Waals surface area contributed by atoms with E-state index in [4.69, 9.17) is 5.11 Å². The lowest BCUT2D eigenvalue weighted by atomic mass is 9.59. The number of aliphatic carboxylic acids is 1. The average Bonchev–Trinajstić information content (AvgIpc) is 2.14. The molecule has 0 aromatic heterocycles. The summed E-state index contributed by atoms with van der Waals surface area (Å²) in [6.07, 6.45) is 8.10. The van der Waals surface area contributed by atoms with Gasteiger partial charge in [0.15, 0.2) is 0 Å². The van der Waals surface area contributed by atoms with Crippen molar-refractivity contribution in [1.82, 2.24) is 0 Å². The van der Waals surface area contributed by atoms with Crippen LogP contribution in [0.5, 0.6) is 0 Å². The Morgan fingerprint density at radius 2 is 2.00 bits per heavy atom. The molecule has 1 N–H and O–H groups in total. The van der Waals surface area contributed by atoms with Gasteiger partial charge in [0, 0.05) is 0 Å². The van der Waals surface area contributed by atoms with Crippen LogP contribution in [0.3, 0.4) is 0 Å². The number of rotatable bonds is 4. The summed E-state index contributed by atoms with van der Waals surface area (Å²) in [7, 11) is 0. The molecule has 0 bridgehead atoms. The fourth-order valence-corrected chi connectivity index (χ4v) is 3.34. The van der Waals surface area contributed by atoms with Crippen LogP contribution >= 0.6 is 0 Å². The van der Waals surface area contributed by atoms with Gasteiger partial charge in [-0.05, 0) is 30.1 Å². The minimum Gasteiger partial charge on any atom is -0.481 e. The smallest absolute Gasteiger partial charge is 0.304 e. The van der Waals surface area contributed by atoms with Gasteiger partial charge in [-0.3, -0.25) is 4.79 Å². The Morgan fingerprint density at radius 1 is 1.35 bits per heavy atom. The highest BCUT2D eigenvalue weighted by Crippen LogP contribution is 2.52. The van der Waals surface area contributed by atoms with E-state index in [-0.39, 0.29) is 17.3 Å². The van der Waals surface area contributed by atoms with Crippen LogP contribution in [0, 0.1) is 10.8 Å². The van der Waals surface area contributed by atoms with Crippen molar-refractivity contribution in [3.05, 3.63) is 11.6 Å². The van der Waals surface area contributed by atoms with E-state index in [0.29, 0.717) is 0 Å². The molecule has 1 aliphatic rings. The Balaban J connectivity index is 3.04. The lowest BCUT2D eigenvalue weighted by Gasteiger charge is -2.45. The van der Waals surface area contributed by atoms with Crippen molar-refractivity contribution in [2.75, 3.05) is 0 Å². The Hall–Kier alpha value is -0.790. The third kappa shape index (κ3) is 3.34. The molecule has 98 valence electrons. The van der Waals surface area contributed by atoms with E-state index in [9.17, 15) is 4.79 Å². The third-order valence-corrected chi connectivity index (χ3v) is 4.09. The number of unbranched alkanes of at least 4 members (excludes halogenated alkanes) is 1. The maximum atomic E-state index is 11.1. The lowest BCUT2D eigenvalue weighted by molar-refractivity contribution is -0.139. The van der Waals surface area contributed by atoms with Gasteiger partial charge >= 0.3 is 5.97 Å². The number of hydrogen-bond acceptors (Lipinski definition) is 1. The Labute approximate surface area is 105 Å². The van der Waals surface area contributed by atoms with Gasteiger partial charge in [0.25, 0.3) is 0 Å². The van der Waals surface area contributed by atoms with E-state index in [1.54, 1.807) is 0 Å². The summed E-state index contributed by atoms with van der Waals surface area (Å²) < 4.78 is 0. The maximum Gasteiger partial charge on any atom is 0.304 e. The summed E-state index contributed by atoms with van der Waals surface area (Å²) in [5.74, 6) is -0.674. The van der Waals surface area contributed by atoms with Crippen LogP contribution in [0.2, 0.25) is 0 Å². The predicted octanol–water partition coefficient (Wildman–Crippen LogP) is 4.40. The second-order valence-corrected chi connectivity index (χ2v) is 6.28. The number of hydrogen-bond donors (Lipinski definition) is 1. The molecule has 0 amide bonds. The first-order chi connectivity index (χ1) is 7.82. The largest absolute Gasteiger partial charge is 0.481 e. The van der Waals surface area contributed by atoms with E-state index in [0.717, 1.165) is 25.7 Å². The third-order valence-electron chi connectivity index (χ3n) is 4.09. The number of carboxylic acid groups (broad SMARTS) is 1. The van der Waals surface area contributed by atoms with Gasteiger partial charge in [-0.1, -0.05) is 52.2 Å². The van der Waals surface area contributed by atoms with Crippen molar-refractivity contribution in [3.8, 4) is 0 Å². The number of allylic oxidation sites excluding steroid dienone is 2. The van der Waals surface area contributed by atoms with Crippen LogP contribution in [0.15, 0.2) is 11.6 Å². The molecule has 1 saturated carbocycles. The fraction of sp³-hybridized carbons (Fsp3) is 0.800. The zero-order valence-electron chi connectivity index (χ0n) is 11.7. The Bertz CT molecular complexity index is 315. The van der Waals surface area contributed by atoms with E-state index in [1.165, 1.54) is 12.0 Å². The van der Waals surface area contributed by atoms with Gasteiger partial charge < -0.3 is 5.11 Å². The number of carboxylic acids is 1. The Morgan fingerprint density at radius 3 is 2.53 bits per heavy atom. The molecule has 0 spiro atoms. The molecule has 2 nitrogen and oxygen atoms in total. The maximum absolute atomic E-state index is 11.1. The van der Waals surface area contributed by atoms with Crippen molar-refractivity contribution in [2.24, 2.45) is 10.8 Å². The molecule has 0 aromatic rings. The van der Waals surface area contributed by atoms with Gasteiger partial charge in [0.1, 0.15) is 0 Å². The molecule has 0 radical (unpaired) electrons. The van der Waals surface area contributed by atoms with E-state index in [1.807, 2.05) is 0 Å². The summed E-state index contributed by atoms with van der Waals surface area (Å²) in [6.45, 7) is 8.81. The zero-order valence-corrected chi connectivity index (χ0v) is 11.7. The molecular weight excluding hydrogens is 212 g/mol. The molecule has 0 heterocycles. The molecule has 17 heavy (non-hydrogen) atoms. The number of carbonyl (C=O) groups is 1. The first-order valence-corrected chi connectivity index (χ1v) is 6.75. The quantitative estimate of drug-likeness (QED) is 0.737. The minimum absolute atomic E-state index is 0.136. The summed E-state index contributed by atoms with van der Waals surface area (Å²) >= 11 is 0. The zero-order chi connectivity index (χ0) is 13.1. The second-order valence-electron chi connectivity index (χ2n) is 6.28. The molecule has 0 saturated heterocycles. The second kappa shape index (κ2) is 5.24.